The summed E-state index contributed by atoms with van der Waals surface area (Å²) in [6.07, 6.45) is 2.42. The lowest BCUT2D eigenvalue weighted by atomic mass is 10.2. The van der Waals surface area contributed by atoms with E-state index in [0.29, 0.717) is 16.8 Å². The van der Waals surface area contributed by atoms with Gasteiger partial charge in [-0.3, -0.25) is 0 Å². The fourth-order valence-corrected chi connectivity index (χ4v) is 2.94. The van der Waals surface area contributed by atoms with Crippen LogP contribution in [-0.4, -0.2) is 9.55 Å². The summed E-state index contributed by atoms with van der Waals surface area (Å²) >= 11 is 6.13. The minimum atomic E-state index is 0.553. The van der Waals surface area contributed by atoms with E-state index in [-0.39, 0.29) is 0 Å². The zero-order chi connectivity index (χ0) is 13.7. The smallest absolute Gasteiger partial charge is 0.141 e. The molecule has 0 radical (unpaired) electrons. The predicted octanol–water partition coefficient (Wildman–Crippen LogP) is 4.27. The molecule has 3 nitrogen and oxygen atoms in total. The van der Waals surface area contributed by atoms with Gasteiger partial charge in [0.1, 0.15) is 5.82 Å². The van der Waals surface area contributed by atoms with Gasteiger partial charge in [-0.1, -0.05) is 23.7 Å². The van der Waals surface area contributed by atoms with E-state index in [1.807, 2.05) is 24.3 Å². The highest BCUT2D eigenvalue weighted by atomic mass is 35.5. The van der Waals surface area contributed by atoms with Crippen LogP contribution in [0.1, 0.15) is 18.9 Å². The molecule has 4 rings (SSSR count). The number of hydrogen-bond donors (Lipinski definition) is 1. The molecule has 1 aliphatic rings. The van der Waals surface area contributed by atoms with Crippen LogP contribution in [0.2, 0.25) is 5.02 Å². The molecule has 4 heteroatoms. The topological polar surface area (TPSA) is 43.8 Å². The van der Waals surface area contributed by atoms with Crippen LogP contribution in [0.4, 0.5) is 5.69 Å². The highest BCUT2D eigenvalue weighted by Crippen LogP contribution is 2.41. The first-order chi connectivity index (χ1) is 9.72. The van der Waals surface area contributed by atoms with Gasteiger partial charge in [-0.25, -0.2) is 4.98 Å². The number of nitrogen functional groups attached to an aromatic ring is 1. The van der Waals surface area contributed by atoms with Crippen LogP contribution in [0.3, 0.4) is 0 Å². The number of fused-ring (bicyclic) bond motifs is 1. The second-order valence-electron chi connectivity index (χ2n) is 5.30. The Hall–Kier alpha value is -2.00. The van der Waals surface area contributed by atoms with Gasteiger partial charge in [-0.2, -0.15) is 0 Å². The van der Waals surface area contributed by atoms with Gasteiger partial charge in [0.2, 0.25) is 0 Å². The summed E-state index contributed by atoms with van der Waals surface area (Å²) in [4.78, 5) is 4.78. The molecule has 2 aromatic carbocycles. The average Bonchev–Trinajstić information content (AvgIpc) is 3.17. The van der Waals surface area contributed by atoms with Crippen molar-refractivity contribution in [3.05, 3.63) is 47.5 Å². The first-order valence-corrected chi connectivity index (χ1v) is 7.13. The summed E-state index contributed by atoms with van der Waals surface area (Å²) in [6.45, 7) is 0. The molecule has 1 aromatic heterocycles. The summed E-state index contributed by atoms with van der Waals surface area (Å²) in [7, 11) is 0. The summed E-state index contributed by atoms with van der Waals surface area (Å²) < 4.78 is 2.32. The van der Waals surface area contributed by atoms with Crippen molar-refractivity contribution < 1.29 is 0 Å². The molecule has 1 fully saturated rings. The van der Waals surface area contributed by atoms with Crippen molar-refractivity contribution in [2.45, 2.75) is 18.9 Å². The molecule has 0 amide bonds. The Balaban J connectivity index is 2.01. The molecule has 0 atom stereocenters. The van der Waals surface area contributed by atoms with E-state index >= 15 is 0 Å². The molecule has 0 spiro atoms. The van der Waals surface area contributed by atoms with Gasteiger partial charge in [-0.05, 0) is 43.2 Å². The fraction of sp³-hybridized carbons (Fsp3) is 0.188. The Kier molecular flexibility index (Phi) is 2.51. The normalized spacial score (nSPS) is 14.8. The molecule has 0 unspecified atom stereocenters. The van der Waals surface area contributed by atoms with Gasteiger partial charge in [0.15, 0.2) is 0 Å². The Morgan fingerprint density at radius 2 is 1.95 bits per heavy atom. The minimum Gasteiger partial charge on any atom is -0.399 e. The number of anilines is 1. The number of aromatic nitrogens is 2. The zero-order valence-corrected chi connectivity index (χ0v) is 11.6. The lowest BCUT2D eigenvalue weighted by Gasteiger charge is -2.08. The molecule has 1 saturated carbocycles. The van der Waals surface area contributed by atoms with E-state index in [0.717, 1.165) is 16.9 Å². The number of nitrogens with two attached hydrogens (primary N) is 1. The average molecular weight is 284 g/mol. The predicted molar refractivity (Wildman–Crippen MR) is 82.9 cm³/mol. The molecule has 1 heterocycles. The lowest BCUT2D eigenvalue weighted by molar-refractivity contribution is 0.775. The van der Waals surface area contributed by atoms with Crippen molar-refractivity contribution >= 4 is 28.3 Å². The number of nitrogens with zero attached hydrogens (tertiary/aromatic N) is 2. The maximum atomic E-state index is 6.13. The number of benzene rings is 2. The van der Waals surface area contributed by atoms with Gasteiger partial charge < -0.3 is 10.3 Å². The first-order valence-electron chi connectivity index (χ1n) is 6.76. The summed E-state index contributed by atoms with van der Waals surface area (Å²) in [5.41, 5.74) is 9.77. The summed E-state index contributed by atoms with van der Waals surface area (Å²) in [5, 5.41) is 0.648. The quantitative estimate of drug-likeness (QED) is 0.714. The van der Waals surface area contributed by atoms with Crippen LogP contribution in [-0.2, 0) is 0 Å². The standard InChI is InChI=1S/C16H14ClN3/c17-11-7-10(8-12(18)9-11)16-19-14-3-1-2-4-15(14)20(16)13-5-6-13/h1-4,7-9,13H,5-6,18H2. The van der Waals surface area contributed by atoms with Gasteiger partial charge in [0.05, 0.1) is 11.0 Å². The van der Waals surface area contributed by atoms with Crippen molar-refractivity contribution in [2.24, 2.45) is 0 Å². The SMILES string of the molecule is Nc1cc(Cl)cc(-c2nc3ccccc3n2C2CC2)c1. The Bertz CT molecular complexity index is 782. The van der Waals surface area contributed by atoms with E-state index in [4.69, 9.17) is 22.3 Å². The second-order valence-corrected chi connectivity index (χ2v) is 5.73. The number of imidazole rings is 1. The molecule has 0 aliphatic heterocycles. The maximum Gasteiger partial charge on any atom is 0.141 e. The molecule has 2 N–H and O–H groups in total. The number of para-hydroxylation sites is 2. The van der Waals surface area contributed by atoms with Crippen molar-refractivity contribution in [3.8, 4) is 11.4 Å². The maximum absolute atomic E-state index is 6.13. The number of halogens is 1. The van der Waals surface area contributed by atoms with Crippen LogP contribution in [0.5, 0.6) is 0 Å². The molecule has 3 aromatic rings. The van der Waals surface area contributed by atoms with Gasteiger partial charge in [0, 0.05) is 22.3 Å². The molecular formula is C16H14ClN3. The summed E-state index contributed by atoms with van der Waals surface area (Å²) in [5.74, 6) is 0.961. The van der Waals surface area contributed by atoms with Crippen LogP contribution < -0.4 is 5.73 Å². The van der Waals surface area contributed by atoms with E-state index in [9.17, 15) is 0 Å². The lowest BCUT2D eigenvalue weighted by Crippen LogP contribution is -1.98. The molecule has 20 heavy (non-hydrogen) atoms. The molecular weight excluding hydrogens is 270 g/mol. The Labute approximate surface area is 122 Å². The zero-order valence-electron chi connectivity index (χ0n) is 10.9. The number of hydrogen-bond acceptors (Lipinski definition) is 2. The van der Waals surface area contributed by atoms with E-state index in [1.54, 1.807) is 6.07 Å². The Morgan fingerprint density at radius 3 is 2.70 bits per heavy atom. The molecule has 100 valence electrons. The second kappa shape index (κ2) is 4.25. The minimum absolute atomic E-state index is 0.553. The van der Waals surface area contributed by atoms with Crippen LogP contribution in [0, 0.1) is 0 Å². The van der Waals surface area contributed by atoms with Crippen molar-refractivity contribution in [1.82, 2.24) is 9.55 Å². The monoisotopic (exact) mass is 283 g/mol. The van der Waals surface area contributed by atoms with Crippen molar-refractivity contribution in [2.75, 3.05) is 5.73 Å². The third-order valence-electron chi connectivity index (χ3n) is 3.69. The highest BCUT2D eigenvalue weighted by Gasteiger charge is 2.28. The van der Waals surface area contributed by atoms with Crippen LogP contribution >= 0.6 is 11.6 Å². The Morgan fingerprint density at radius 1 is 1.15 bits per heavy atom. The third kappa shape index (κ3) is 1.86. The van der Waals surface area contributed by atoms with Gasteiger partial charge in [-0.15, -0.1) is 0 Å². The molecule has 0 saturated heterocycles. The third-order valence-corrected chi connectivity index (χ3v) is 3.90. The fourth-order valence-electron chi connectivity index (χ4n) is 2.69. The van der Waals surface area contributed by atoms with E-state index in [2.05, 4.69) is 16.7 Å². The molecule has 0 bridgehead atoms. The number of rotatable bonds is 2. The van der Waals surface area contributed by atoms with E-state index < -0.39 is 0 Å². The highest BCUT2D eigenvalue weighted by molar-refractivity contribution is 6.31. The molecule has 1 aliphatic carbocycles. The van der Waals surface area contributed by atoms with Gasteiger partial charge >= 0.3 is 0 Å². The van der Waals surface area contributed by atoms with Crippen molar-refractivity contribution in [1.29, 1.82) is 0 Å². The summed E-state index contributed by atoms with van der Waals surface area (Å²) in [6, 6.07) is 14.4. The largest absolute Gasteiger partial charge is 0.399 e. The van der Waals surface area contributed by atoms with E-state index in [1.165, 1.54) is 18.4 Å². The van der Waals surface area contributed by atoms with Gasteiger partial charge in [0.25, 0.3) is 0 Å². The van der Waals surface area contributed by atoms with Crippen molar-refractivity contribution in [3.63, 3.8) is 0 Å². The van der Waals surface area contributed by atoms with Crippen LogP contribution in [0.25, 0.3) is 22.4 Å². The van der Waals surface area contributed by atoms with Crippen LogP contribution in [0.15, 0.2) is 42.5 Å². The first kappa shape index (κ1) is 11.8.